The van der Waals surface area contributed by atoms with Gasteiger partial charge in [0, 0.05) is 4.90 Å². The summed E-state index contributed by atoms with van der Waals surface area (Å²) in [5.41, 5.74) is -0.541. The van der Waals surface area contributed by atoms with Gasteiger partial charge in [-0.25, -0.2) is 0 Å². The molecule has 5 heteroatoms. The molecular weight excluding hydrogens is 228 g/mol. The van der Waals surface area contributed by atoms with Gasteiger partial charge in [-0.1, -0.05) is 30.0 Å². The normalized spacial score (nSPS) is 34.9. The van der Waals surface area contributed by atoms with Gasteiger partial charge in [-0.2, -0.15) is 0 Å². The molecule has 4 nitrogen and oxygen atoms in total. The number of aliphatic hydroxyl groups is 3. The molecule has 1 saturated heterocycles. The van der Waals surface area contributed by atoms with Crippen LogP contribution in [0.25, 0.3) is 0 Å². The van der Waals surface area contributed by atoms with Gasteiger partial charge in [0.2, 0.25) is 0 Å². The Morgan fingerprint density at radius 2 is 1.75 bits per heavy atom. The molecule has 4 atom stereocenters. The van der Waals surface area contributed by atoms with Crippen LogP contribution in [0.4, 0.5) is 0 Å². The lowest BCUT2D eigenvalue weighted by molar-refractivity contribution is -0.161. The van der Waals surface area contributed by atoms with Crippen molar-refractivity contribution in [2.45, 2.75) is 28.6 Å². The van der Waals surface area contributed by atoms with Crippen molar-refractivity contribution in [1.82, 2.24) is 0 Å². The highest BCUT2D eigenvalue weighted by molar-refractivity contribution is 7.99. The molecule has 0 radical (unpaired) electrons. The molecule has 1 aliphatic rings. The molecule has 0 aliphatic carbocycles. The molecule has 0 amide bonds. The zero-order valence-corrected chi connectivity index (χ0v) is 9.38. The van der Waals surface area contributed by atoms with Gasteiger partial charge >= 0.3 is 0 Å². The fraction of sp³-hybridized carbons (Fsp3) is 0.455. The molecule has 88 valence electrons. The molecule has 0 aromatic heterocycles. The highest BCUT2D eigenvalue weighted by Gasteiger charge is 2.37. The third-order valence-electron chi connectivity index (χ3n) is 2.45. The first-order valence-corrected chi connectivity index (χ1v) is 5.94. The maximum absolute atomic E-state index is 9.71. The molecule has 1 aromatic rings. The second-order valence-corrected chi connectivity index (χ2v) is 4.85. The molecule has 1 fully saturated rings. The predicted molar refractivity (Wildman–Crippen MR) is 60.1 cm³/mol. The van der Waals surface area contributed by atoms with Crippen molar-refractivity contribution >= 4 is 11.8 Å². The lowest BCUT2D eigenvalue weighted by Crippen LogP contribution is -2.51. The largest absolute Gasteiger partial charge is 0.388 e. The first kappa shape index (κ1) is 11.9. The number of aliphatic hydroxyl groups excluding tert-OH is 3. The summed E-state index contributed by atoms with van der Waals surface area (Å²) in [5.74, 6) is 0. The van der Waals surface area contributed by atoms with Gasteiger partial charge in [-0.15, -0.1) is 0 Å². The van der Waals surface area contributed by atoms with Gasteiger partial charge in [-0.3, -0.25) is 0 Å². The fourth-order valence-corrected chi connectivity index (χ4v) is 2.55. The average Bonchev–Trinajstić information content (AvgIpc) is 2.31. The SMILES string of the molecule is O[C@H]1[C@H](O)[C@@H](Sc2ccccc2)OC[C@H]1O. The molecule has 0 spiro atoms. The number of ether oxygens (including phenoxy) is 1. The van der Waals surface area contributed by atoms with E-state index < -0.39 is 23.7 Å². The minimum Gasteiger partial charge on any atom is -0.388 e. The summed E-state index contributed by atoms with van der Waals surface area (Å²) in [6.45, 7) is 0.0444. The summed E-state index contributed by atoms with van der Waals surface area (Å²) in [7, 11) is 0. The summed E-state index contributed by atoms with van der Waals surface area (Å²) in [6, 6.07) is 9.49. The highest BCUT2D eigenvalue weighted by Crippen LogP contribution is 2.30. The summed E-state index contributed by atoms with van der Waals surface area (Å²) >= 11 is 1.34. The first-order chi connectivity index (χ1) is 7.68. The molecule has 16 heavy (non-hydrogen) atoms. The maximum atomic E-state index is 9.71. The zero-order chi connectivity index (χ0) is 11.5. The van der Waals surface area contributed by atoms with Crippen molar-refractivity contribution < 1.29 is 20.1 Å². The van der Waals surface area contributed by atoms with Crippen LogP contribution in [0.3, 0.4) is 0 Å². The third kappa shape index (κ3) is 2.56. The van der Waals surface area contributed by atoms with E-state index in [4.69, 9.17) is 4.74 Å². The van der Waals surface area contributed by atoms with Crippen LogP contribution in [-0.2, 0) is 4.74 Å². The zero-order valence-electron chi connectivity index (χ0n) is 8.56. The minimum absolute atomic E-state index is 0.0444. The Kier molecular flexibility index (Phi) is 3.83. The standard InChI is InChI=1S/C11H14O4S/c12-8-6-15-11(10(14)9(8)13)16-7-4-2-1-3-5-7/h1-5,8-14H,6H2/t8-,9-,10+,11-/m1/s1. The van der Waals surface area contributed by atoms with E-state index in [9.17, 15) is 15.3 Å². The third-order valence-corrected chi connectivity index (χ3v) is 3.64. The van der Waals surface area contributed by atoms with Crippen molar-refractivity contribution in [1.29, 1.82) is 0 Å². The molecule has 0 saturated carbocycles. The highest BCUT2D eigenvalue weighted by atomic mass is 32.2. The quantitative estimate of drug-likeness (QED) is 0.692. The Hall–Kier alpha value is -0.590. The van der Waals surface area contributed by atoms with Gasteiger partial charge in [0.05, 0.1) is 6.61 Å². The molecule has 1 aliphatic heterocycles. The molecule has 3 N–H and O–H groups in total. The Morgan fingerprint density at radius 3 is 2.44 bits per heavy atom. The van der Waals surface area contributed by atoms with Gasteiger partial charge < -0.3 is 20.1 Å². The lowest BCUT2D eigenvalue weighted by Gasteiger charge is -2.34. The van der Waals surface area contributed by atoms with E-state index in [0.717, 1.165) is 4.90 Å². The van der Waals surface area contributed by atoms with Crippen molar-refractivity contribution in [2.24, 2.45) is 0 Å². The van der Waals surface area contributed by atoms with E-state index in [-0.39, 0.29) is 6.61 Å². The number of hydrogen-bond donors (Lipinski definition) is 3. The van der Waals surface area contributed by atoms with Crippen LogP contribution >= 0.6 is 11.8 Å². The molecular formula is C11H14O4S. The summed E-state index contributed by atoms with van der Waals surface area (Å²) < 4.78 is 5.28. The summed E-state index contributed by atoms with van der Waals surface area (Å²) in [5, 5.41) is 28.5. The Balaban J connectivity index is 2.00. The number of thioether (sulfide) groups is 1. The second kappa shape index (κ2) is 5.16. The van der Waals surface area contributed by atoms with E-state index in [1.807, 2.05) is 30.3 Å². The Bertz CT molecular complexity index is 332. The van der Waals surface area contributed by atoms with E-state index in [1.54, 1.807) is 0 Å². The van der Waals surface area contributed by atoms with Crippen LogP contribution in [0.15, 0.2) is 35.2 Å². The van der Waals surface area contributed by atoms with Crippen molar-refractivity contribution in [3.05, 3.63) is 30.3 Å². The van der Waals surface area contributed by atoms with Gasteiger partial charge in [-0.05, 0) is 12.1 Å². The first-order valence-electron chi connectivity index (χ1n) is 5.06. The topological polar surface area (TPSA) is 69.9 Å². The maximum Gasteiger partial charge on any atom is 0.136 e. The molecule has 1 heterocycles. The molecule has 1 aromatic carbocycles. The van der Waals surface area contributed by atoms with Crippen LogP contribution in [0.5, 0.6) is 0 Å². The number of rotatable bonds is 2. The number of benzene rings is 1. The van der Waals surface area contributed by atoms with Gasteiger partial charge in [0.15, 0.2) is 0 Å². The lowest BCUT2D eigenvalue weighted by atomic mass is 10.1. The van der Waals surface area contributed by atoms with E-state index in [2.05, 4.69) is 0 Å². The van der Waals surface area contributed by atoms with E-state index in [1.165, 1.54) is 11.8 Å². The van der Waals surface area contributed by atoms with Crippen LogP contribution in [0, 0.1) is 0 Å². The van der Waals surface area contributed by atoms with Crippen LogP contribution < -0.4 is 0 Å². The fourth-order valence-electron chi connectivity index (χ4n) is 1.52. The Labute approximate surface area is 97.9 Å². The average molecular weight is 242 g/mol. The molecule has 0 bridgehead atoms. The van der Waals surface area contributed by atoms with E-state index in [0.29, 0.717) is 0 Å². The molecule has 2 rings (SSSR count). The van der Waals surface area contributed by atoms with Crippen LogP contribution in [-0.4, -0.2) is 45.7 Å². The summed E-state index contributed by atoms with van der Waals surface area (Å²) in [4.78, 5) is 0.954. The van der Waals surface area contributed by atoms with E-state index >= 15 is 0 Å². The predicted octanol–water partition coefficient (Wildman–Crippen LogP) is 0.218. The minimum atomic E-state index is -1.14. The van der Waals surface area contributed by atoms with Crippen molar-refractivity contribution in [2.75, 3.05) is 6.61 Å². The summed E-state index contributed by atoms with van der Waals surface area (Å²) in [6.07, 6.45) is -3.23. The van der Waals surface area contributed by atoms with Crippen molar-refractivity contribution in [3.63, 3.8) is 0 Å². The smallest absolute Gasteiger partial charge is 0.136 e. The molecule has 0 unspecified atom stereocenters. The second-order valence-electron chi connectivity index (χ2n) is 3.68. The van der Waals surface area contributed by atoms with Gasteiger partial charge in [0.25, 0.3) is 0 Å². The Morgan fingerprint density at radius 1 is 1.06 bits per heavy atom. The van der Waals surface area contributed by atoms with Crippen LogP contribution in [0.2, 0.25) is 0 Å². The van der Waals surface area contributed by atoms with Crippen molar-refractivity contribution in [3.8, 4) is 0 Å². The number of hydrogen-bond acceptors (Lipinski definition) is 5. The van der Waals surface area contributed by atoms with Gasteiger partial charge in [0.1, 0.15) is 23.7 Å². The van der Waals surface area contributed by atoms with Crippen LogP contribution in [0.1, 0.15) is 0 Å². The monoisotopic (exact) mass is 242 g/mol.